The molecule has 0 amide bonds. The minimum atomic E-state index is -0.323. The van der Waals surface area contributed by atoms with Gasteiger partial charge in [0.1, 0.15) is 5.75 Å². The van der Waals surface area contributed by atoms with Crippen molar-refractivity contribution in [3.8, 4) is 5.75 Å². The number of hydrogen-bond acceptors (Lipinski definition) is 3. The first-order chi connectivity index (χ1) is 9.72. The smallest absolute Gasteiger partial charge is 0.337 e. The van der Waals surface area contributed by atoms with Crippen molar-refractivity contribution in [2.45, 2.75) is 0 Å². The fourth-order valence-corrected chi connectivity index (χ4v) is 1.76. The molecule has 2 aromatic rings. The summed E-state index contributed by atoms with van der Waals surface area (Å²) in [6, 6.07) is 15.1. The maximum atomic E-state index is 11.3. The van der Waals surface area contributed by atoms with Gasteiger partial charge in [0.15, 0.2) is 0 Å². The molecule has 0 aliphatic carbocycles. The Morgan fingerprint density at radius 1 is 0.850 bits per heavy atom. The zero-order chi connectivity index (χ0) is 14.4. The normalized spacial score (nSPS) is 10.5. The predicted molar refractivity (Wildman–Crippen MR) is 79.7 cm³/mol. The van der Waals surface area contributed by atoms with E-state index in [1.165, 1.54) is 7.11 Å². The highest BCUT2D eigenvalue weighted by atomic mass is 16.5. The average Bonchev–Trinajstić information content (AvgIpc) is 2.53. The summed E-state index contributed by atoms with van der Waals surface area (Å²) in [5.74, 6) is 0.514. The molecule has 0 N–H and O–H groups in total. The molecule has 0 radical (unpaired) electrons. The van der Waals surface area contributed by atoms with Gasteiger partial charge in [0.25, 0.3) is 0 Å². The molecule has 2 aromatic carbocycles. The molecule has 0 spiro atoms. The van der Waals surface area contributed by atoms with Crippen LogP contribution in [0.3, 0.4) is 0 Å². The molecule has 0 unspecified atom stereocenters. The largest absolute Gasteiger partial charge is 0.497 e. The highest BCUT2D eigenvalue weighted by Gasteiger charge is 2.02. The van der Waals surface area contributed by atoms with Crippen molar-refractivity contribution < 1.29 is 14.3 Å². The van der Waals surface area contributed by atoms with Crippen molar-refractivity contribution in [1.82, 2.24) is 0 Å². The molecule has 0 saturated carbocycles. The van der Waals surface area contributed by atoms with Gasteiger partial charge in [-0.25, -0.2) is 4.79 Å². The highest BCUT2D eigenvalue weighted by molar-refractivity contribution is 5.89. The van der Waals surface area contributed by atoms with Gasteiger partial charge in [-0.3, -0.25) is 0 Å². The summed E-state index contributed by atoms with van der Waals surface area (Å²) >= 11 is 0. The summed E-state index contributed by atoms with van der Waals surface area (Å²) < 4.78 is 9.77. The number of methoxy groups -OCH3 is 2. The van der Waals surface area contributed by atoms with Gasteiger partial charge < -0.3 is 9.47 Å². The molecule has 0 bridgehead atoms. The van der Waals surface area contributed by atoms with Crippen LogP contribution in [0.2, 0.25) is 0 Å². The summed E-state index contributed by atoms with van der Waals surface area (Å²) in [7, 11) is 3.02. The Kier molecular flexibility index (Phi) is 4.56. The van der Waals surface area contributed by atoms with Crippen LogP contribution in [0.1, 0.15) is 21.5 Å². The lowest BCUT2D eigenvalue weighted by Crippen LogP contribution is -2.00. The SMILES string of the molecule is COC(=O)c1ccc(/C=C/c2ccc(OC)cc2)cc1. The van der Waals surface area contributed by atoms with Crippen LogP contribution in [0.4, 0.5) is 0 Å². The fraction of sp³-hybridized carbons (Fsp3) is 0.118. The van der Waals surface area contributed by atoms with Gasteiger partial charge in [0.05, 0.1) is 19.8 Å². The number of rotatable bonds is 4. The quantitative estimate of drug-likeness (QED) is 0.627. The van der Waals surface area contributed by atoms with E-state index in [1.807, 2.05) is 48.6 Å². The van der Waals surface area contributed by atoms with Crippen molar-refractivity contribution in [1.29, 1.82) is 0 Å². The minimum absolute atomic E-state index is 0.323. The zero-order valence-electron chi connectivity index (χ0n) is 11.5. The number of carbonyl (C=O) groups is 1. The van der Waals surface area contributed by atoms with Gasteiger partial charge in [-0.1, -0.05) is 36.4 Å². The van der Waals surface area contributed by atoms with Gasteiger partial charge in [0, 0.05) is 0 Å². The second kappa shape index (κ2) is 6.57. The van der Waals surface area contributed by atoms with Crippen LogP contribution < -0.4 is 4.74 Å². The van der Waals surface area contributed by atoms with Crippen LogP contribution in [0.25, 0.3) is 12.2 Å². The molecule has 0 saturated heterocycles. The molecule has 20 heavy (non-hydrogen) atoms. The molecule has 0 heterocycles. The standard InChI is InChI=1S/C17H16O3/c1-19-16-11-7-14(8-12-16)4-3-13-5-9-15(10-6-13)17(18)20-2/h3-12H,1-2H3/b4-3+. The number of hydrogen-bond donors (Lipinski definition) is 0. The number of ether oxygens (including phenoxy) is 2. The molecule has 0 atom stereocenters. The van der Waals surface area contributed by atoms with Crippen molar-refractivity contribution in [2.75, 3.05) is 14.2 Å². The fourth-order valence-electron chi connectivity index (χ4n) is 1.76. The van der Waals surface area contributed by atoms with E-state index in [-0.39, 0.29) is 5.97 Å². The van der Waals surface area contributed by atoms with E-state index in [0.717, 1.165) is 16.9 Å². The van der Waals surface area contributed by atoms with E-state index in [9.17, 15) is 4.79 Å². The zero-order valence-corrected chi connectivity index (χ0v) is 11.5. The first-order valence-electron chi connectivity index (χ1n) is 6.23. The van der Waals surface area contributed by atoms with Crippen LogP contribution in [0.15, 0.2) is 48.5 Å². The van der Waals surface area contributed by atoms with Gasteiger partial charge in [-0.05, 0) is 35.4 Å². The van der Waals surface area contributed by atoms with E-state index >= 15 is 0 Å². The maximum absolute atomic E-state index is 11.3. The van der Waals surface area contributed by atoms with Gasteiger partial charge >= 0.3 is 5.97 Å². The highest BCUT2D eigenvalue weighted by Crippen LogP contribution is 2.14. The van der Waals surface area contributed by atoms with Crippen LogP contribution >= 0.6 is 0 Å². The Bertz CT molecular complexity index is 595. The molecule has 102 valence electrons. The van der Waals surface area contributed by atoms with Crippen molar-refractivity contribution >= 4 is 18.1 Å². The molecular formula is C17H16O3. The Morgan fingerprint density at radius 3 is 1.80 bits per heavy atom. The van der Waals surface area contributed by atoms with Crippen LogP contribution in [0.5, 0.6) is 5.75 Å². The van der Waals surface area contributed by atoms with E-state index < -0.39 is 0 Å². The van der Waals surface area contributed by atoms with E-state index in [2.05, 4.69) is 4.74 Å². The Labute approximate surface area is 118 Å². The molecule has 0 aromatic heterocycles. The molecule has 0 fully saturated rings. The Morgan fingerprint density at radius 2 is 1.35 bits per heavy atom. The first kappa shape index (κ1) is 13.9. The number of carbonyl (C=O) groups excluding carboxylic acids is 1. The lowest BCUT2D eigenvalue weighted by Gasteiger charge is -2.00. The van der Waals surface area contributed by atoms with Crippen molar-refractivity contribution in [3.63, 3.8) is 0 Å². The second-order valence-electron chi connectivity index (χ2n) is 4.22. The summed E-state index contributed by atoms with van der Waals surface area (Å²) in [6.45, 7) is 0. The van der Waals surface area contributed by atoms with Gasteiger partial charge in [-0.2, -0.15) is 0 Å². The van der Waals surface area contributed by atoms with E-state index in [1.54, 1.807) is 19.2 Å². The van der Waals surface area contributed by atoms with E-state index in [4.69, 9.17) is 4.74 Å². The molecular weight excluding hydrogens is 252 g/mol. The third-order valence-electron chi connectivity index (χ3n) is 2.92. The molecule has 0 aliphatic heterocycles. The van der Waals surface area contributed by atoms with Crippen molar-refractivity contribution in [3.05, 3.63) is 65.2 Å². The molecule has 0 aliphatic rings. The van der Waals surface area contributed by atoms with Crippen LogP contribution in [-0.2, 0) is 4.74 Å². The third kappa shape index (κ3) is 3.48. The topological polar surface area (TPSA) is 35.5 Å². The van der Waals surface area contributed by atoms with E-state index in [0.29, 0.717) is 5.56 Å². The predicted octanol–water partition coefficient (Wildman–Crippen LogP) is 3.65. The second-order valence-corrected chi connectivity index (χ2v) is 4.22. The molecule has 2 rings (SSSR count). The van der Waals surface area contributed by atoms with Crippen LogP contribution in [0, 0.1) is 0 Å². The van der Waals surface area contributed by atoms with Crippen molar-refractivity contribution in [2.24, 2.45) is 0 Å². The lowest BCUT2D eigenvalue weighted by molar-refractivity contribution is 0.0601. The summed E-state index contributed by atoms with van der Waals surface area (Å²) in [4.78, 5) is 11.3. The number of esters is 1. The number of benzene rings is 2. The average molecular weight is 268 g/mol. The molecule has 3 heteroatoms. The van der Waals surface area contributed by atoms with Crippen LogP contribution in [-0.4, -0.2) is 20.2 Å². The van der Waals surface area contributed by atoms with Gasteiger partial charge in [0.2, 0.25) is 0 Å². The van der Waals surface area contributed by atoms with Gasteiger partial charge in [-0.15, -0.1) is 0 Å². The molecule has 3 nitrogen and oxygen atoms in total. The third-order valence-corrected chi connectivity index (χ3v) is 2.92. The maximum Gasteiger partial charge on any atom is 0.337 e. The summed E-state index contributed by atoms with van der Waals surface area (Å²) in [5, 5.41) is 0. The first-order valence-corrected chi connectivity index (χ1v) is 6.23. The Balaban J connectivity index is 2.08. The monoisotopic (exact) mass is 268 g/mol. The summed E-state index contributed by atoms with van der Waals surface area (Å²) in [6.07, 6.45) is 4.00. The lowest BCUT2D eigenvalue weighted by atomic mass is 10.1. The summed E-state index contributed by atoms with van der Waals surface area (Å²) in [5.41, 5.74) is 2.66. The minimum Gasteiger partial charge on any atom is -0.497 e. The Hall–Kier alpha value is -2.55.